The van der Waals surface area contributed by atoms with Gasteiger partial charge in [0.25, 0.3) is 0 Å². The maximum absolute atomic E-state index is 4.65. The Balaban J connectivity index is 0.00000144. The third-order valence-corrected chi connectivity index (χ3v) is 2.78. The van der Waals surface area contributed by atoms with E-state index in [9.17, 15) is 0 Å². The lowest BCUT2D eigenvalue weighted by Gasteiger charge is -2.28. The van der Waals surface area contributed by atoms with Crippen molar-refractivity contribution in [1.82, 2.24) is 4.98 Å². The predicted molar refractivity (Wildman–Crippen MR) is 79.4 cm³/mol. The molecule has 1 aromatic rings. The van der Waals surface area contributed by atoms with Crippen LogP contribution in [0.3, 0.4) is 0 Å². The average Bonchev–Trinajstić information content (AvgIpc) is 2.38. The van der Waals surface area contributed by atoms with E-state index >= 15 is 0 Å². The van der Waals surface area contributed by atoms with Gasteiger partial charge in [-0.3, -0.25) is 4.98 Å². The standard InChI is InChI=1S/C12H17N3O.2ClH/c1-16-14-10-11-9-12(5-6-13-11)15-7-3-2-4-8-15;;/h5-6,9-10H,2-4,7-8H2,1H3;2*1H. The summed E-state index contributed by atoms with van der Waals surface area (Å²) in [4.78, 5) is 11.3. The Bertz CT molecular complexity index is 368. The lowest BCUT2D eigenvalue weighted by atomic mass is 10.1. The molecule has 0 spiro atoms. The molecule has 18 heavy (non-hydrogen) atoms. The zero-order chi connectivity index (χ0) is 11.2. The number of nitrogens with zero attached hydrogens (tertiary/aromatic N) is 3. The highest BCUT2D eigenvalue weighted by Crippen LogP contribution is 2.19. The number of hydrogen-bond donors (Lipinski definition) is 0. The van der Waals surface area contributed by atoms with Crippen LogP contribution >= 0.6 is 24.8 Å². The van der Waals surface area contributed by atoms with Crippen LogP contribution in [-0.4, -0.2) is 31.4 Å². The molecule has 0 aromatic carbocycles. The minimum absolute atomic E-state index is 0. The van der Waals surface area contributed by atoms with Crippen LogP contribution in [0.4, 0.5) is 5.69 Å². The van der Waals surface area contributed by atoms with Crippen molar-refractivity contribution in [2.75, 3.05) is 25.1 Å². The first-order valence-electron chi connectivity index (χ1n) is 5.67. The molecule has 2 heterocycles. The molecule has 2 rings (SSSR count). The van der Waals surface area contributed by atoms with Crippen molar-refractivity contribution in [3.8, 4) is 0 Å². The summed E-state index contributed by atoms with van der Waals surface area (Å²) in [6, 6.07) is 4.10. The van der Waals surface area contributed by atoms with E-state index < -0.39 is 0 Å². The van der Waals surface area contributed by atoms with Crippen molar-refractivity contribution < 1.29 is 4.84 Å². The van der Waals surface area contributed by atoms with Crippen LogP contribution in [0.1, 0.15) is 25.0 Å². The number of oxime groups is 1. The summed E-state index contributed by atoms with van der Waals surface area (Å²) < 4.78 is 0. The predicted octanol–water partition coefficient (Wildman–Crippen LogP) is 2.90. The molecule has 1 aromatic heterocycles. The Kier molecular flexibility index (Phi) is 8.50. The SMILES string of the molecule is CON=Cc1cc(N2CCCCC2)ccn1.Cl.Cl. The van der Waals surface area contributed by atoms with Gasteiger partial charge in [0.2, 0.25) is 0 Å². The minimum Gasteiger partial charge on any atom is -0.399 e. The number of piperidine rings is 1. The molecule has 0 atom stereocenters. The van der Waals surface area contributed by atoms with E-state index in [-0.39, 0.29) is 24.8 Å². The maximum atomic E-state index is 4.65. The van der Waals surface area contributed by atoms with Gasteiger partial charge in [0, 0.05) is 25.0 Å². The Morgan fingerprint density at radius 2 is 2.00 bits per heavy atom. The highest BCUT2D eigenvalue weighted by atomic mass is 35.5. The molecule has 0 unspecified atom stereocenters. The first kappa shape index (κ1) is 17.0. The summed E-state index contributed by atoms with van der Waals surface area (Å²) in [5.74, 6) is 0. The van der Waals surface area contributed by atoms with Crippen LogP contribution in [0.5, 0.6) is 0 Å². The van der Waals surface area contributed by atoms with Crippen molar-refractivity contribution >= 4 is 36.7 Å². The van der Waals surface area contributed by atoms with Crippen molar-refractivity contribution in [3.63, 3.8) is 0 Å². The summed E-state index contributed by atoms with van der Waals surface area (Å²) in [5.41, 5.74) is 2.07. The molecule has 4 nitrogen and oxygen atoms in total. The van der Waals surface area contributed by atoms with E-state index in [1.54, 1.807) is 6.21 Å². The van der Waals surface area contributed by atoms with Gasteiger partial charge in [0.05, 0.1) is 11.9 Å². The first-order chi connectivity index (χ1) is 7.90. The topological polar surface area (TPSA) is 37.7 Å². The Morgan fingerprint density at radius 3 is 2.67 bits per heavy atom. The fourth-order valence-corrected chi connectivity index (χ4v) is 1.96. The molecule has 1 fully saturated rings. The fraction of sp³-hybridized carbons (Fsp3) is 0.500. The van der Waals surface area contributed by atoms with Gasteiger partial charge >= 0.3 is 0 Å². The number of anilines is 1. The molecule has 102 valence electrons. The molecule has 0 N–H and O–H groups in total. The number of rotatable bonds is 3. The lowest BCUT2D eigenvalue weighted by molar-refractivity contribution is 0.215. The van der Waals surface area contributed by atoms with Gasteiger partial charge in [-0.15, -0.1) is 24.8 Å². The molecule has 0 bridgehead atoms. The molecule has 6 heteroatoms. The monoisotopic (exact) mass is 291 g/mol. The zero-order valence-electron chi connectivity index (χ0n) is 10.4. The van der Waals surface area contributed by atoms with Crippen LogP contribution in [0.15, 0.2) is 23.5 Å². The third kappa shape index (κ3) is 4.70. The van der Waals surface area contributed by atoms with E-state index in [2.05, 4.69) is 25.9 Å². The second-order valence-electron chi connectivity index (χ2n) is 3.90. The van der Waals surface area contributed by atoms with Crippen molar-refractivity contribution in [2.45, 2.75) is 19.3 Å². The molecule has 0 radical (unpaired) electrons. The molecule has 1 saturated heterocycles. The summed E-state index contributed by atoms with van der Waals surface area (Å²) >= 11 is 0. The molecule has 0 saturated carbocycles. The smallest absolute Gasteiger partial charge is 0.106 e. The third-order valence-electron chi connectivity index (χ3n) is 2.78. The second-order valence-corrected chi connectivity index (χ2v) is 3.90. The quantitative estimate of drug-likeness (QED) is 0.635. The first-order valence-corrected chi connectivity index (χ1v) is 5.67. The van der Waals surface area contributed by atoms with Crippen LogP contribution in [0.25, 0.3) is 0 Å². The number of hydrogen-bond acceptors (Lipinski definition) is 4. The lowest BCUT2D eigenvalue weighted by Crippen LogP contribution is -2.29. The summed E-state index contributed by atoms with van der Waals surface area (Å²) in [6.45, 7) is 2.29. The number of pyridine rings is 1. The molecular formula is C12H19Cl2N3O. The van der Waals surface area contributed by atoms with Crippen LogP contribution in [-0.2, 0) is 4.84 Å². The Hall–Kier alpha value is -1.000. The van der Waals surface area contributed by atoms with E-state index in [0.717, 1.165) is 18.8 Å². The second kappa shape index (κ2) is 9.00. The average molecular weight is 292 g/mol. The fourth-order valence-electron chi connectivity index (χ4n) is 1.96. The minimum atomic E-state index is 0. The van der Waals surface area contributed by atoms with Gasteiger partial charge in [-0.25, -0.2) is 0 Å². The largest absolute Gasteiger partial charge is 0.399 e. The maximum Gasteiger partial charge on any atom is 0.106 e. The van der Waals surface area contributed by atoms with Crippen molar-refractivity contribution in [2.24, 2.45) is 5.16 Å². The Morgan fingerprint density at radius 1 is 1.28 bits per heavy atom. The molecule has 1 aliphatic heterocycles. The summed E-state index contributed by atoms with van der Waals surface area (Å²) in [5, 5.41) is 3.72. The van der Waals surface area contributed by atoms with E-state index in [4.69, 9.17) is 0 Å². The van der Waals surface area contributed by atoms with E-state index in [1.165, 1.54) is 32.1 Å². The van der Waals surface area contributed by atoms with Gasteiger partial charge in [-0.2, -0.15) is 0 Å². The van der Waals surface area contributed by atoms with E-state index in [1.807, 2.05) is 12.3 Å². The normalized spacial score (nSPS) is 14.8. The van der Waals surface area contributed by atoms with Gasteiger partial charge in [0.15, 0.2) is 0 Å². The van der Waals surface area contributed by atoms with Crippen LogP contribution < -0.4 is 4.90 Å². The molecular weight excluding hydrogens is 273 g/mol. The van der Waals surface area contributed by atoms with Crippen molar-refractivity contribution in [1.29, 1.82) is 0 Å². The molecule has 1 aliphatic rings. The van der Waals surface area contributed by atoms with Crippen LogP contribution in [0, 0.1) is 0 Å². The Labute approximate surface area is 120 Å². The van der Waals surface area contributed by atoms with Crippen LogP contribution in [0.2, 0.25) is 0 Å². The number of aromatic nitrogens is 1. The molecule has 0 aliphatic carbocycles. The number of halogens is 2. The van der Waals surface area contributed by atoms with E-state index in [0.29, 0.717) is 0 Å². The summed E-state index contributed by atoms with van der Waals surface area (Å²) in [6.07, 6.45) is 7.36. The van der Waals surface area contributed by atoms with Gasteiger partial charge in [-0.05, 0) is 31.4 Å². The zero-order valence-corrected chi connectivity index (χ0v) is 12.0. The van der Waals surface area contributed by atoms with Gasteiger partial charge in [0.1, 0.15) is 7.11 Å². The summed E-state index contributed by atoms with van der Waals surface area (Å²) in [7, 11) is 1.53. The van der Waals surface area contributed by atoms with Gasteiger partial charge in [-0.1, -0.05) is 5.16 Å². The van der Waals surface area contributed by atoms with Crippen molar-refractivity contribution in [3.05, 3.63) is 24.0 Å². The molecule has 0 amide bonds. The van der Waals surface area contributed by atoms with Gasteiger partial charge < -0.3 is 9.74 Å². The highest BCUT2D eigenvalue weighted by molar-refractivity contribution is 5.85. The highest BCUT2D eigenvalue weighted by Gasteiger charge is 2.10.